The number of carbonyl (C=O) groups is 1. The lowest BCUT2D eigenvalue weighted by atomic mass is 9.52. The Kier molecular flexibility index (Phi) is 7.08. The van der Waals surface area contributed by atoms with Crippen molar-refractivity contribution in [2.24, 2.45) is 11.8 Å². The van der Waals surface area contributed by atoms with Gasteiger partial charge in [-0.1, -0.05) is 37.3 Å². The lowest BCUT2D eigenvalue weighted by molar-refractivity contribution is -0.232. The van der Waals surface area contributed by atoms with Crippen LogP contribution in [-0.4, -0.2) is 77.4 Å². The van der Waals surface area contributed by atoms with Crippen molar-refractivity contribution < 1.29 is 27.4 Å². The quantitative estimate of drug-likeness (QED) is 0.390. The Morgan fingerprint density at radius 2 is 1.90 bits per heavy atom. The second-order valence-electron chi connectivity index (χ2n) is 11.4. The Hall–Kier alpha value is -3.06. The fraction of sp³-hybridized carbons (Fsp3) is 0.552. The zero-order valence-electron chi connectivity index (χ0n) is 23.9. The summed E-state index contributed by atoms with van der Waals surface area (Å²) in [4.78, 5) is 11.2. The molecule has 2 aromatic heterocycles. The van der Waals surface area contributed by atoms with E-state index >= 15 is 0 Å². The third-order valence-corrected chi connectivity index (χ3v) is 10.8. The van der Waals surface area contributed by atoms with Gasteiger partial charge in [0, 0.05) is 56.1 Å². The van der Waals surface area contributed by atoms with E-state index in [1.54, 1.807) is 17.1 Å². The number of carbonyl (C=O) groups excluding carboxylic acids is 1. The van der Waals surface area contributed by atoms with Gasteiger partial charge in [0.25, 0.3) is 0 Å². The minimum Gasteiger partial charge on any atom is -0.464 e. The molecular weight excluding hydrogens is 546 g/mol. The molecule has 12 heteroatoms. The summed E-state index contributed by atoms with van der Waals surface area (Å²) >= 11 is 0. The lowest BCUT2D eigenvalue weighted by Gasteiger charge is -2.55. The van der Waals surface area contributed by atoms with E-state index in [1.807, 2.05) is 18.2 Å². The van der Waals surface area contributed by atoms with Crippen LogP contribution >= 0.6 is 0 Å². The van der Waals surface area contributed by atoms with Crippen LogP contribution in [0.5, 0.6) is 0 Å². The molecule has 0 unspecified atom stereocenters. The minimum atomic E-state index is -3.97. The summed E-state index contributed by atoms with van der Waals surface area (Å²) in [5, 5.41) is 9.44. The van der Waals surface area contributed by atoms with Crippen LogP contribution in [0.25, 0.3) is 11.3 Å². The van der Waals surface area contributed by atoms with E-state index in [0.717, 1.165) is 29.7 Å². The Morgan fingerprint density at radius 3 is 2.59 bits per heavy atom. The number of aromatic nitrogens is 4. The second-order valence-corrected chi connectivity index (χ2v) is 13.4. The summed E-state index contributed by atoms with van der Waals surface area (Å²) in [5.41, 5.74) is 3.52. The van der Waals surface area contributed by atoms with E-state index in [4.69, 9.17) is 19.3 Å². The summed E-state index contributed by atoms with van der Waals surface area (Å²) in [6.45, 7) is 5.27. The predicted molar refractivity (Wildman–Crippen MR) is 150 cm³/mol. The Balaban J connectivity index is 1.53. The van der Waals surface area contributed by atoms with Crippen molar-refractivity contribution in [1.29, 1.82) is 0 Å². The normalized spacial score (nSPS) is 25.3. The van der Waals surface area contributed by atoms with Crippen molar-refractivity contribution in [1.82, 2.24) is 23.3 Å². The first-order chi connectivity index (χ1) is 19.6. The molecule has 1 spiro atoms. The highest BCUT2D eigenvalue weighted by molar-refractivity contribution is 7.87. The van der Waals surface area contributed by atoms with E-state index in [-0.39, 0.29) is 24.4 Å². The zero-order valence-corrected chi connectivity index (χ0v) is 24.8. The summed E-state index contributed by atoms with van der Waals surface area (Å²) in [6, 6.07) is 10.3. The SMILES string of the molecule is CC(=O)OCCn1cc(-c2c3c(nn2S(=O)(=O)N(C)C)[C@@]2(c4ccccc4)CCC4(OCCO4)[C@@H](C)[C@@H]2CC3)cn1. The number of fused-ring (bicyclic) bond motifs is 3. The standard InChI is InChI=1S/C29H37N5O6S/c1-20-25-11-10-24-26(22-18-30-33(19-22)14-15-38-21(2)35)34(41(36,37)32(3)4)31-27(24)28(25,23-8-6-5-7-9-23)12-13-29(20)39-16-17-40-29/h5-9,18-20,25H,10-17H2,1-4H3/t20-,25-,28+/m0/s1. The molecule has 1 saturated carbocycles. The summed E-state index contributed by atoms with van der Waals surface area (Å²) < 4.78 is 49.2. The molecule has 3 aliphatic rings. The van der Waals surface area contributed by atoms with Crippen LogP contribution in [0, 0.1) is 11.8 Å². The predicted octanol–water partition coefficient (Wildman–Crippen LogP) is 2.99. The highest BCUT2D eigenvalue weighted by atomic mass is 32.2. The Bertz CT molecular complexity index is 1540. The van der Waals surface area contributed by atoms with Gasteiger partial charge < -0.3 is 14.2 Å². The van der Waals surface area contributed by atoms with Crippen LogP contribution in [-0.2, 0) is 47.6 Å². The zero-order chi connectivity index (χ0) is 29.0. The van der Waals surface area contributed by atoms with Crippen LogP contribution in [0.2, 0.25) is 0 Å². The third kappa shape index (κ3) is 4.43. The molecular formula is C29H37N5O6S. The number of ether oxygens (including phenoxy) is 3. The molecule has 41 heavy (non-hydrogen) atoms. The number of esters is 1. The molecule has 1 aromatic carbocycles. The van der Waals surface area contributed by atoms with Crippen molar-refractivity contribution in [3.63, 3.8) is 0 Å². The highest BCUT2D eigenvalue weighted by Crippen LogP contribution is 2.60. The van der Waals surface area contributed by atoms with E-state index in [1.165, 1.54) is 29.4 Å². The van der Waals surface area contributed by atoms with Crippen LogP contribution in [0.15, 0.2) is 42.7 Å². The monoisotopic (exact) mass is 583 g/mol. The number of benzene rings is 1. The van der Waals surface area contributed by atoms with Crippen molar-refractivity contribution in [2.45, 2.75) is 57.3 Å². The molecule has 3 aromatic rings. The van der Waals surface area contributed by atoms with Gasteiger partial charge >= 0.3 is 16.2 Å². The van der Waals surface area contributed by atoms with Crippen LogP contribution in [0.1, 0.15) is 49.9 Å². The van der Waals surface area contributed by atoms with Crippen molar-refractivity contribution >= 4 is 16.2 Å². The van der Waals surface area contributed by atoms with Gasteiger partial charge in [0.15, 0.2) is 5.79 Å². The molecule has 11 nitrogen and oxygen atoms in total. The molecule has 0 bridgehead atoms. The van der Waals surface area contributed by atoms with Crippen molar-refractivity contribution in [2.75, 3.05) is 33.9 Å². The van der Waals surface area contributed by atoms with Gasteiger partial charge in [-0.25, -0.2) is 0 Å². The highest BCUT2D eigenvalue weighted by Gasteiger charge is 2.61. The van der Waals surface area contributed by atoms with Crippen LogP contribution in [0.3, 0.4) is 0 Å². The van der Waals surface area contributed by atoms with E-state index in [2.05, 4.69) is 24.2 Å². The molecule has 6 rings (SSSR count). The van der Waals surface area contributed by atoms with Gasteiger partial charge in [-0.15, -0.1) is 4.09 Å². The van der Waals surface area contributed by atoms with Gasteiger partial charge in [-0.05, 0) is 30.7 Å². The number of hydrogen-bond acceptors (Lipinski definition) is 8. The fourth-order valence-electron chi connectivity index (χ4n) is 7.24. The molecule has 220 valence electrons. The molecule has 2 aliphatic carbocycles. The molecule has 0 radical (unpaired) electrons. The first kappa shape index (κ1) is 28.1. The smallest absolute Gasteiger partial charge is 0.323 e. The van der Waals surface area contributed by atoms with Gasteiger partial charge in [-0.3, -0.25) is 9.48 Å². The van der Waals surface area contributed by atoms with E-state index in [9.17, 15) is 13.2 Å². The van der Waals surface area contributed by atoms with Gasteiger partial charge in [-0.2, -0.15) is 22.9 Å². The maximum atomic E-state index is 13.8. The van der Waals surface area contributed by atoms with Crippen molar-refractivity contribution in [3.05, 3.63) is 59.5 Å². The first-order valence-electron chi connectivity index (χ1n) is 14.2. The number of nitrogens with zero attached hydrogens (tertiary/aromatic N) is 5. The average molecular weight is 584 g/mol. The summed E-state index contributed by atoms with van der Waals surface area (Å²) in [7, 11) is -0.942. The van der Waals surface area contributed by atoms with E-state index in [0.29, 0.717) is 43.9 Å². The Labute approximate surface area is 240 Å². The van der Waals surface area contributed by atoms with Crippen molar-refractivity contribution in [3.8, 4) is 11.3 Å². The lowest BCUT2D eigenvalue weighted by Crippen LogP contribution is -2.56. The number of hydrogen-bond donors (Lipinski definition) is 0. The molecule has 2 fully saturated rings. The fourth-order valence-corrected chi connectivity index (χ4v) is 8.18. The summed E-state index contributed by atoms with van der Waals surface area (Å²) in [5.74, 6) is -0.770. The van der Waals surface area contributed by atoms with Gasteiger partial charge in [0.05, 0.1) is 37.3 Å². The number of rotatable bonds is 7. The largest absolute Gasteiger partial charge is 0.464 e. The molecule has 0 N–H and O–H groups in total. The average Bonchev–Trinajstić information content (AvgIpc) is 3.70. The van der Waals surface area contributed by atoms with Gasteiger partial charge in [0.2, 0.25) is 0 Å². The molecule has 3 heterocycles. The molecule has 1 aliphatic heterocycles. The van der Waals surface area contributed by atoms with E-state index < -0.39 is 21.4 Å². The molecule has 0 amide bonds. The second kappa shape index (κ2) is 10.3. The van der Waals surface area contributed by atoms with Gasteiger partial charge in [0.1, 0.15) is 6.61 Å². The maximum absolute atomic E-state index is 13.8. The first-order valence-corrected chi connectivity index (χ1v) is 15.5. The summed E-state index contributed by atoms with van der Waals surface area (Å²) in [6.07, 6.45) is 6.36. The molecule has 3 atom stereocenters. The maximum Gasteiger partial charge on any atom is 0.323 e. The van der Waals surface area contributed by atoms with Crippen LogP contribution in [0.4, 0.5) is 0 Å². The molecule has 1 saturated heterocycles. The van der Waals surface area contributed by atoms with Crippen LogP contribution < -0.4 is 0 Å². The minimum absolute atomic E-state index is 0.0789. The third-order valence-electron chi connectivity index (χ3n) is 9.16. The Morgan fingerprint density at radius 1 is 1.17 bits per heavy atom. The topological polar surface area (TPSA) is 118 Å².